The zero-order valence-corrected chi connectivity index (χ0v) is 17.0. The minimum atomic E-state index is -1.75. The number of nitro groups is 2. The summed E-state index contributed by atoms with van der Waals surface area (Å²) in [4.78, 5) is 46.6. The van der Waals surface area contributed by atoms with E-state index in [1.165, 1.54) is 13.8 Å². The van der Waals surface area contributed by atoms with Crippen LogP contribution < -0.4 is 0 Å². The summed E-state index contributed by atoms with van der Waals surface area (Å²) in [5.74, 6) is -2.83. The van der Waals surface area contributed by atoms with E-state index in [-0.39, 0.29) is 24.0 Å². The topological polar surface area (TPSA) is 184 Å². The molecular weight excluding hydrogens is 426 g/mol. The van der Waals surface area contributed by atoms with Crippen LogP contribution in [0.1, 0.15) is 47.4 Å². The van der Waals surface area contributed by atoms with E-state index in [2.05, 4.69) is 0 Å². The van der Waals surface area contributed by atoms with Crippen molar-refractivity contribution in [3.63, 3.8) is 0 Å². The minimum Gasteiger partial charge on any atom is -0.502 e. The van der Waals surface area contributed by atoms with Crippen molar-refractivity contribution in [2.45, 2.75) is 37.8 Å². The van der Waals surface area contributed by atoms with Crippen molar-refractivity contribution in [1.29, 1.82) is 0 Å². The van der Waals surface area contributed by atoms with Gasteiger partial charge in [-0.1, -0.05) is 0 Å². The lowest BCUT2D eigenvalue weighted by Gasteiger charge is -2.34. The van der Waals surface area contributed by atoms with Gasteiger partial charge >= 0.3 is 11.4 Å². The van der Waals surface area contributed by atoms with E-state index in [4.69, 9.17) is 0 Å². The molecule has 2 atom stereocenters. The molecule has 12 nitrogen and oxygen atoms in total. The number of rotatable bonds is 6. The summed E-state index contributed by atoms with van der Waals surface area (Å²) >= 11 is 0. The zero-order valence-electron chi connectivity index (χ0n) is 17.0. The van der Waals surface area contributed by atoms with Gasteiger partial charge in [0.05, 0.1) is 9.85 Å². The number of phenols is 2. The van der Waals surface area contributed by atoms with Gasteiger partial charge in [0.1, 0.15) is 11.1 Å². The quantitative estimate of drug-likeness (QED) is 0.384. The van der Waals surface area contributed by atoms with Gasteiger partial charge in [-0.15, -0.1) is 10.3 Å². The first-order valence-electron chi connectivity index (χ1n) is 9.35. The standard InChI is InChI=1S/C20H18N3O9/c1-19(17(26)11-3-5-15(24)13(9-11)21(28)29)7-8-20(2,23(19)32)18(27)12-4-6-16(25)14(10-12)22(30)31/h3-6,9-10,24-25H,7-8H2,1-2H3/t19-,20-/m0/s1. The number of carbonyl (C=O) groups is 2. The molecule has 1 heterocycles. The number of benzene rings is 2. The molecule has 0 aromatic heterocycles. The van der Waals surface area contributed by atoms with Crippen LogP contribution in [0.4, 0.5) is 11.4 Å². The van der Waals surface area contributed by atoms with Crippen molar-refractivity contribution in [2.24, 2.45) is 0 Å². The number of hydrogen-bond donors (Lipinski definition) is 2. The SMILES string of the molecule is C[C@@]1(C(=O)c2ccc(O)c([N+](=O)[O-])c2)CC[C@@](C)(C(=O)c2ccc(O)c([N+](=O)[O-])c2)N1[O]. The number of nitrogens with zero attached hydrogens (tertiary/aromatic N) is 3. The molecule has 0 unspecified atom stereocenters. The Labute approximate surface area is 180 Å². The predicted octanol–water partition coefficient (Wildman–Crippen LogP) is 2.94. The highest BCUT2D eigenvalue weighted by Gasteiger charge is 2.58. The Bertz CT molecular complexity index is 1080. The molecule has 0 saturated carbocycles. The van der Waals surface area contributed by atoms with Crippen LogP contribution in [0, 0.1) is 20.2 Å². The highest BCUT2D eigenvalue weighted by molar-refractivity contribution is 6.07. The van der Waals surface area contributed by atoms with E-state index < -0.39 is 55.4 Å². The molecule has 0 bridgehead atoms. The Morgan fingerprint density at radius 2 is 1.19 bits per heavy atom. The molecule has 1 saturated heterocycles. The lowest BCUT2D eigenvalue weighted by molar-refractivity contribution is -0.386. The van der Waals surface area contributed by atoms with Crippen LogP contribution in [0.25, 0.3) is 0 Å². The van der Waals surface area contributed by atoms with Crippen LogP contribution in [0.2, 0.25) is 0 Å². The summed E-state index contributed by atoms with van der Waals surface area (Å²) in [6, 6.07) is 5.95. The van der Waals surface area contributed by atoms with E-state index in [1.54, 1.807) is 0 Å². The van der Waals surface area contributed by atoms with Crippen molar-refractivity contribution >= 4 is 22.9 Å². The first kappa shape index (κ1) is 22.8. The van der Waals surface area contributed by atoms with Gasteiger partial charge in [0.2, 0.25) is 0 Å². The molecule has 1 radical (unpaired) electrons. The Hall–Kier alpha value is -3.90. The fourth-order valence-electron chi connectivity index (χ4n) is 3.89. The fourth-order valence-corrected chi connectivity index (χ4v) is 3.89. The van der Waals surface area contributed by atoms with Crippen molar-refractivity contribution in [1.82, 2.24) is 5.06 Å². The number of carbonyl (C=O) groups excluding carboxylic acids is 2. The normalized spacial score (nSPS) is 23.1. The van der Waals surface area contributed by atoms with Gasteiger partial charge in [0.25, 0.3) is 0 Å². The number of hydrogen-bond acceptors (Lipinski definition) is 9. The van der Waals surface area contributed by atoms with Gasteiger partial charge in [-0.05, 0) is 51.0 Å². The van der Waals surface area contributed by atoms with Crippen molar-refractivity contribution in [3.05, 3.63) is 67.8 Å². The van der Waals surface area contributed by atoms with Crippen LogP contribution in [-0.4, -0.2) is 47.8 Å². The van der Waals surface area contributed by atoms with Gasteiger partial charge < -0.3 is 10.2 Å². The first-order chi connectivity index (χ1) is 14.8. The molecule has 0 amide bonds. The second-order valence-electron chi connectivity index (χ2n) is 7.92. The molecule has 2 aromatic carbocycles. The van der Waals surface area contributed by atoms with E-state index >= 15 is 0 Å². The largest absolute Gasteiger partial charge is 0.502 e. The molecule has 0 aliphatic carbocycles. The highest BCUT2D eigenvalue weighted by Crippen LogP contribution is 2.44. The average molecular weight is 444 g/mol. The number of nitro benzene ring substituents is 2. The monoisotopic (exact) mass is 444 g/mol. The second kappa shape index (κ2) is 7.66. The molecule has 1 aliphatic rings. The van der Waals surface area contributed by atoms with Crippen LogP contribution in [0.3, 0.4) is 0 Å². The maximum Gasteiger partial charge on any atom is 0.311 e. The predicted molar refractivity (Wildman–Crippen MR) is 107 cm³/mol. The first-order valence-corrected chi connectivity index (χ1v) is 9.35. The minimum absolute atomic E-state index is 0.0631. The third-order valence-corrected chi connectivity index (χ3v) is 5.84. The van der Waals surface area contributed by atoms with Crippen molar-refractivity contribution < 1.29 is 34.9 Å². The Morgan fingerprint density at radius 3 is 1.50 bits per heavy atom. The Kier molecular flexibility index (Phi) is 5.45. The lowest BCUT2D eigenvalue weighted by atomic mass is 9.88. The molecule has 12 heteroatoms. The van der Waals surface area contributed by atoms with Crippen LogP contribution >= 0.6 is 0 Å². The summed E-state index contributed by atoms with van der Waals surface area (Å²) in [6.07, 6.45) is -0.126. The smallest absolute Gasteiger partial charge is 0.311 e. The number of phenolic OH excluding ortho intramolecular Hbond substituents is 2. The average Bonchev–Trinajstić information content (AvgIpc) is 2.99. The van der Waals surface area contributed by atoms with Gasteiger partial charge in [0.15, 0.2) is 23.1 Å². The van der Waals surface area contributed by atoms with Gasteiger partial charge in [-0.2, -0.15) is 0 Å². The molecule has 2 aromatic rings. The lowest BCUT2D eigenvalue weighted by Crippen LogP contribution is -2.55. The summed E-state index contributed by atoms with van der Waals surface area (Å²) < 4.78 is 0. The van der Waals surface area contributed by atoms with E-state index in [9.17, 15) is 45.2 Å². The zero-order chi connectivity index (χ0) is 24.0. The number of ketones is 2. The molecular formula is C20H18N3O9. The van der Waals surface area contributed by atoms with E-state index in [1.807, 2.05) is 0 Å². The molecule has 3 rings (SSSR count). The number of hydroxylamine groups is 2. The Morgan fingerprint density at radius 1 is 0.844 bits per heavy atom. The van der Waals surface area contributed by atoms with Crippen LogP contribution in [0.15, 0.2) is 36.4 Å². The molecule has 0 spiro atoms. The second-order valence-corrected chi connectivity index (χ2v) is 7.92. The van der Waals surface area contributed by atoms with E-state index in [0.717, 1.165) is 36.4 Å². The highest BCUT2D eigenvalue weighted by atomic mass is 16.6. The van der Waals surface area contributed by atoms with Gasteiger partial charge in [-0.25, -0.2) is 0 Å². The molecule has 2 N–H and O–H groups in total. The van der Waals surface area contributed by atoms with Gasteiger partial charge in [0, 0.05) is 23.3 Å². The molecule has 1 aliphatic heterocycles. The third-order valence-electron chi connectivity index (χ3n) is 5.84. The van der Waals surface area contributed by atoms with Crippen LogP contribution in [-0.2, 0) is 5.21 Å². The summed E-state index contributed by atoms with van der Waals surface area (Å²) in [6.45, 7) is 2.61. The molecule has 167 valence electrons. The maximum atomic E-state index is 13.3. The molecule has 32 heavy (non-hydrogen) atoms. The Balaban J connectivity index is 1.97. The summed E-state index contributed by atoms with van der Waals surface area (Å²) in [5.41, 5.74) is -5.28. The van der Waals surface area contributed by atoms with Crippen LogP contribution in [0.5, 0.6) is 11.5 Å². The molecule has 1 fully saturated rings. The summed E-state index contributed by atoms with van der Waals surface area (Å²) in [7, 11) is 0. The third kappa shape index (κ3) is 3.44. The van der Waals surface area contributed by atoms with Gasteiger partial charge in [-0.3, -0.25) is 29.8 Å². The maximum absolute atomic E-state index is 13.3. The van der Waals surface area contributed by atoms with Crippen molar-refractivity contribution in [3.8, 4) is 11.5 Å². The number of aromatic hydroxyl groups is 2. The van der Waals surface area contributed by atoms with E-state index in [0.29, 0.717) is 5.06 Å². The van der Waals surface area contributed by atoms with Crippen molar-refractivity contribution in [2.75, 3.05) is 0 Å². The fraction of sp³-hybridized carbons (Fsp3) is 0.300. The summed E-state index contributed by atoms with van der Waals surface area (Å²) in [5, 5.41) is 54.9. The number of Topliss-reactive ketones (excluding diaryl/α,β-unsaturated/α-hetero) is 2.